The van der Waals surface area contributed by atoms with Crippen molar-refractivity contribution in [3.63, 3.8) is 0 Å². The number of hydrogen-bond donors (Lipinski definition) is 1. The van der Waals surface area contributed by atoms with Crippen LogP contribution in [0, 0.1) is 5.92 Å². The van der Waals surface area contributed by atoms with Crippen molar-refractivity contribution in [3.05, 3.63) is 0 Å². The van der Waals surface area contributed by atoms with Gasteiger partial charge in [0.1, 0.15) is 0 Å². The molecule has 1 aliphatic carbocycles. The van der Waals surface area contributed by atoms with Crippen LogP contribution in [0.3, 0.4) is 0 Å². The van der Waals surface area contributed by atoms with E-state index < -0.39 is 0 Å². The molecular weight excluding hydrogens is 242 g/mol. The molecule has 0 heterocycles. The topological polar surface area (TPSA) is 12.0 Å². The van der Waals surface area contributed by atoms with E-state index in [4.69, 9.17) is 0 Å². The molecule has 1 N–H and O–H groups in total. The lowest BCUT2D eigenvalue weighted by Crippen LogP contribution is -2.24. The van der Waals surface area contributed by atoms with Crippen molar-refractivity contribution in [2.24, 2.45) is 5.92 Å². The van der Waals surface area contributed by atoms with Gasteiger partial charge in [-0.1, -0.05) is 90.4 Å². The van der Waals surface area contributed by atoms with Crippen molar-refractivity contribution in [1.29, 1.82) is 0 Å². The summed E-state index contributed by atoms with van der Waals surface area (Å²) in [7, 11) is 2.15. The van der Waals surface area contributed by atoms with Crippen LogP contribution in [0.25, 0.3) is 0 Å². The molecule has 1 saturated carbocycles. The number of hydrogen-bond acceptors (Lipinski definition) is 1. The highest BCUT2D eigenvalue weighted by molar-refractivity contribution is 4.65. The zero-order valence-corrected chi connectivity index (χ0v) is 14.3. The maximum Gasteiger partial charge on any atom is 0.00640 e. The molecule has 2 atom stereocenters. The smallest absolute Gasteiger partial charge is 0.00640 e. The fourth-order valence-corrected chi connectivity index (χ4v) is 3.58. The lowest BCUT2D eigenvalue weighted by atomic mass is 9.95. The molecule has 0 aromatic rings. The Hall–Kier alpha value is -0.0400. The largest absolute Gasteiger partial charge is 0.317 e. The van der Waals surface area contributed by atoms with Gasteiger partial charge >= 0.3 is 0 Å². The van der Waals surface area contributed by atoms with E-state index in [9.17, 15) is 0 Å². The number of rotatable bonds is 1. The second-order valence-corrected chi connectivity index (χ2v) is 7.13. The van der Waals surface area contributed by atoms with E-state index in [-0.39, 0.29) is 0 Å². The Kier molecular flexibility index (Phi) is 11.4. The van der Waals surface area contributed by atoms with Gasteiger partial charge < -0.3 is 5.32 Å². The molecule has 0 aromatic heterocycles. The van der Waals surface area contributed by atoms with E-state index in [1.165, 1.54) is 96.3 Å². The Morgan fingerprint density at radius 1 is 0.550 bits per heavy atom. The molecular formula is C19H39N. The van der Waals surface area contributed by atoms with Crippen LogP contribution >= 0.6 is 0 Å². The van der Waals surface area contributed by atoms with Gasteiger partial charge in [-0.25, -0.2) is 0 Å². The van der Waals surface area contributed by atoms with Gasteiger partial charge in [-0.2, -0.15) is 0 Å². The minimum absolute atomic E-state index is 0.781. The van der Waals surface area contributed by atoms with Gasteiger partial charge in [-0.3, -0.25) is 0 Å². The molecule has 1 nitrogen and oxygen atoms in total. The van der Waals surface area contributed by atoms with Gasteiger partial charge in [-0.05, 0) is 25.8 Å². The third kappa shape index (κ3) is 9.80. The lowest BCUT2D eigenvalue weighted by Gasteiger charge is -2.16. The predicted octanol–water partition coefficient (Wildman–Crippen LogP) is 6.08. The third-order valence-electron chi connectivity index (χ3n) is 5.16. The van der Waals surface area contributed by atoms with Gasteiger partial charge in [0.15, 0.2) is 0 Å². The Bertz CT molecular complexity index is 202. The first-order valence-electron chi connectivity index (χ1n) is 9.50. The van der Waals surface area contributed by atoms with Gasteiger partial charge in [-0.15, -0.1) is 0 Å². The Balaban J connectivity index is 2.23. The van der Waals surface area contributed by atoms with E-state index in [0.717, 1.165) is 12.0 Å². The maximum absolute atomic E-state index is 3.52. The first-order chi connectivity index (χ1) is 9.83. The molecule has 1 fully saturated rings. The van der Waals surface area contributed by atoms with E-state index in [1.54, 1.807) is 0 Å². The van der Waals surface area contributed by atoms with E-state index in [1.807, 2.05) is 0 Å². The lowest BCUT2D eigenvalue weighted by molar-refractivity contribution is 0.416. The molecule has 0 radical (unpaired) electrons. The fourth-order valence-electron chi connectivity index (χ4n) is 3.58. The summed E-state index contributed by atoms with van der Waals surface area (Å²) in [6.07, 6.45) is 21.8. The molecule has 0 aliphatic heterocycles. The second-order valence-electron chi connectivity index (χ2n) is 7.13. The molecule has 120 valence electrons. The van der Waals surface area contributed by atoms with Crippen LogP contribution in [-0.2, 0) is 0 Å². The summed E-state index contributed by atoms with van der Waals surface area (Å²) in [5.74, 6) is 0.964. The molecule has 0 amide bonds. The summed E-state index contributed by atoms with van der Waals surface area (Å²) < 4.78 is 0. The maximum atomic E-state index is 3.52. The zero-order chi connectivity index (χ0) is 14.5. The van der Waals surface area contributed by atoms with Gasteiger partial charge in [0.25, 0.3) is 0 Å². The summed E-state index contributed by atoms with van der Waals surface area (Å²) in [4.78, 5) is 0. The Morgan fingerprint density at radius 2 is 0.900 bits per heavy atom. The molecule has 1 aliphatic rings. The Labute approximate surface area is 128 Å². The minimum Gasteiger partial charge on any atom is -0.317 e. The summed E-state index contributed by atoms with van der Waals surface area (Å²) >= 11 is 0. The minimum atomic E-state index is 0.781. The normalized spacial score (nSPS) is 29.7. The van der Waals surface area contributed by atoms with Crippen LogP contribution in [0.4, 0.5) is 0 Å². The van der Waals surface area contributed by atoms with Crippen LogP contribution in [0.15, 0.2) is 0 Å². The standard InChI is InChI=1S/C19H39N/c1-18-14-10-7-5-3-4-6-8-12-16-19(20-2)17-13-9-11-15-18/h18-20H,3-17H2,1-2H3. The second kappa shape index (κ2) is 12.7. The monoisotopic (exact) mass is 281 g/mol. The van der Waals surface area contributed by atoms with Crippen molar-refractivity contribution >= 4 is 0 Å². The van der Waals surface area contributed by atoms with Crippen LogP contribution in [-0.4, -0.2) is 13.1 Å². The highest BCUT2D eigenvalue weighted by atomic mass is 14.9. The van der Waals surface area contributed by atoms with E-state index >= 15 is 0 Å². The summed E-state index contributed by atoms with van der Waals surface area (Å²) in [6, 6.07) is 0.781. The van der Waals surface area contributed by atoms with Gasteiger partial charge in [0.05, 0.1) is 0 Å². The van der Waals surface area contributed by atoms with E-state index in [2.05, 4.69) is 19.3 Å². The van der Waals surface area contributed by atoms with Crippen molar-refractivity contribution in [3.8, 4) is 0 Å². The van der Waals surface area contributed by atoms with Gasteiger partial charge in [0, 0.05) is 6.04 Å². The molecule has 20 heavy (non-hydrogen) atoms. The first kappa shape index (κ1) is 18.0. The van der Waals surface area contributed by atoms with Crippen LogP contribution in [0.2, 0.25) is 0 Å². The molecule has 1 rings (SSSR count). The molecule has 1 heteroatoms. The van der Waals surface area contributed by atoms with Crippen molar-refractivity contribution < 1.29 is 0 Å². The van der Waals surface area contributed by atoms with Crippen LogP contribution in [0.1, 0.15) is 103 Å². The fraction of sp³-hybridized carbons (Fsp3) is 1.00. The summed E-state index contributed by atoms with van der Waals surface area (Å²) in [5.41, 5.74) is 0. The molecule has 0 bridgehead atoms. The predicted molar refractivity (Wildman–Crippen MR) is 91.3 cm³/mol. The average Bonchev–Trinajstić information content (AvgIpc) is 2.46. The molecule has 2 unspecified atom stereocenters. The summed E-state index contributed by atoms with van der Waals surface area (Å²) in [5, 5.41) is 3.52. The Morgan fingerprint density at radius 3 is 1.35 bits per heavy atom. The summed E-state index contributed by atoms with van der Waals surface area (Å²) in [6.45, 7) is 2.46. The quantitative estimate of drug-likeness (QED) is 0.614. The highest BCUT2D eigenvalue weighted by Crippen LogP contribution is 2.20. The average molecular weight is 282 g/mol. The van der Waals surface area contributed by atoms with Crippen LogP contribution < -0.4 is 5.32 Å². The number of nitrogens with one attached hydrogen (secondary N) is 1. The highest BCUT2D eigenvalue weighted by Gasteiger charge is 2.07. The molecule has 0 spiro atoms. The third-order valence-corrected chi connectivity index (χ3v) is 5.16. The SMILES string of the molecule is CNC1CCCCCCCCCCC(C)CCCCC1. The molecule has 0 saturated heterocycles. The zero-order valence-electron chi connectivity index (χ0n) is 14.3. The van der Waals surface area contributed by atoms with Crippen molar-refractivity contribution in [2.45, 2.75) is 109 Å². The van der Waals surface area contributed by atoms with Crippen molar-refractivity contribution in [2.75, 3.05) is 7.05 Å². The molecule has 0 aromatic carbocycles. The van der Waals surface area contributed by atoms with Crippen LogP contribution in [0.5, 0.6) is 0 Å². The van der Waals surface area contributed by atoms with Gasteiger partial charge in [0.2, 0.25) is 0 Å². The van der Waals surface area contributed by atoms with E-state index in [0.29, 0.717) is 0 Å². The van der Waals surface area contributed by atoms with Crippen molar-refractivity contribution in [1.82, 2.24) is 5.32 Å². The first-order valence-corrected chi connectivity index (χ1v) is 9.50.